The van der Waals surface area contributed by atoms with Gasteiger partial charge in [0.05, 0.1) is 6.04 Å². The molecule has 1 unspecified atom stereocenters. The molecule has 4 aromatic rings. The normalized spacial score (nSPS) is 19.9. The molecule has 5 aliphatic rings. The molecular formula is C52H61N7O4. The van der Waals surface area contributed by atoms with Gasteiger partial charge in [0, 0.05) is 80.5 Å². The summed E-state index contributed by atoms with van der Waals surface area (Å²) in [6.45, 7) is 9.82. The fourth-order valence-corrected chi connectivity index (χ4v) is 10.2. The first-order chi connectivity index (χ1) is 30.8. The van der Waals surface area contributed by atoms with E-state index in [0.29, 0.717) is 49.2 Å². The molecular weight excluding hydrogens is 787 g/mol. The molecule has 0 aliphatic carbocycles. The van der Waals surface area contributed by atoms with Crippen molar-refractivity contribution in [2.45, 2.75) is 95.7 Å². The number of fused-ring (bicyclic) bond motifs is 2. The summed E-state index contributed by atoms with van der Waals surface area (Å²) in [7, 11) is 0. The number of imide groups is 1. The first kappa shape index (κ1) is 42.6. The fourth-order valence-electron chi connectivity index (χ4n) is 10.2. The van der Waals surface area contributed by atoms with Crippen LogP contribution in [0.15, 0.2) is 72.8 Å². The van der Waals surface area contributed by atoms with Crippen LogP contribution in [0.1, 0.15) is 102 Å². The van der Waals surface area contributed by atoms with Gasteiger partial charge in [-0.1, -0.05) is 60.4 Å². The minimum absolute atomic E-state index is 0.0699. The van der Waals surface area contributed by atoms with Gasteiger partial charge in [-0.2, -0.15) is 0 Å². The van der Waals surface area contributed by atoms with Crippen LogP contribution in [0.4, 0.5) is 11.4 Å². The van der Waals surface area contributed by atoms with Crippen LogP contribution in [0.25, 0.3) is 10.8 Å². The summed E-state index contributed by atoms with van der Waals surface area (Å²) in [4.78, 5) is 57.5. The maximum absolute atomic E-state index is 13.3. The van der Waals surface area contributed by atoms with E-state index in [1.54, 1.807) is 0 Å². The third kappa shape index (κ3) is 9.93. The Kier molecular flexibility index (Phi) is 13.1. The Morgan fingerprint density at radius 3 is 2.41 bits per heavy atom. The summed E-state index contributed by atoms with van der Waals surface area (Å²) in [6, 6.07) is 25.4. The van der Waals surface area contributed by atoms with Gasteiger partial charge in [0.1, 0.15) is 6.04 Å². The van der Waals surface area contributed by atoms with Crippen LogP contribution in [0.5, 0.6) is 0 Å². The number of rotatable bonds is 12. The third-order valence-corrected chi connectivity index (χ3v) is 14.1. The number of carbonyl (C=O) groups excluding carboxylic acids is 4. The summed E-state index contributed by atoms with van der Waals surface area (Å²) in [6.07, 6.45) is 8.51. The van der Waals surface area contributed by atoms with E-state index in [1.807, 2.05) is 31.2 Å². The molecule has 0 bridgehead atoms. The molecule has 9 rings (SSSR count). The first-order valence-corrected chi connectivity index (χ1v) is 23.4. The zero-order valence-electron chi connectivity index (χ0n) is 36.6. The van der Waals surface area contributed by atoms with Crippen molar-refractivity contribution in [3.8, 4) is 11.8 Å². The fraction of sp³-hybridized carbons (Fsp3) is 0.462. The van der Waals surface area contributed by atoms with E-state index in [9.17, 15) is 19.2 Å². The second-order valence-corrected chi connectivity index (χ2v) is 18.3. The summed E-state index contributed by atoms with van der Waals surface area (Å²) in [5, 5.41) is 14.7. The second kappa shape index (κ2) is 19.4. The molecule has 5 aliphatic heterocycles. The van der Waals surface area contributed by atoms with Crippen molar-refractivity contribution in [2.24, 2.45) is 5.92 Å². The lowest BCUT2D eigenvalue weighted by Crippen LogP contribution is -2.52. The maximum Gasteiger partial charge on any atom is 0.251 e. The number of likely N-dealkylation sites (tertiary alicyclic amines) is 2. The first-order valence-electron chi connectivity index (χ1n) is 23.4. The quantitative estimate of drug-likeness (QED) is 0.0748. The molecule has 0 spiro atoms. The highest BCUT2D eigenvalue weighted by atomic mass is 16.2. The van der Waals surface area contributed by atoms with E-state index in [4.69, 9.17) is 0 Å². The number of hydrogen-bond acceptors (Lipinski definition) is 8. The molecule has 1 atom stereocenters. The van der Waals surface area contributed by atoms with Crippen LogP contribution in [-0.4, -0.2) is 97.9 Å². The van der Waals surface area contributed by atoms with Crippen LogP contribution < -0.4 is 26.2 Å². The van der Waals surface area contributed by atoms with Crippen molar-refractivity contribution in [3.63, 3.8) is 0 Å². The average Bonchev–Trinajstić information content (AvgIpc) is 3.71. The SMILES string of the molecule is Cc1ccc(NC2CNC2)cc1C(=O)NCc1ccc(C#CC2CCN(CCCCC(=O)N3CCC(c4ccc5c(c4)CCN5C4CCC(=O)NC4=O)CC3)CC2)c2ccccc12. The molecule has 0 aromatic heterocycles. The molecule has 5 heterocycles. The third-order valence-electron chi connectivity index (χ3n) is 14.1. The molecule has 4 fully saturated rings. The number of aryl methyl sites for hydroxylation is 1. The summed E-state index contributed by atoms with van der Waals surface area (Å²) in [5.74, 6) is 7.80. The molecule has 11 heteroatoms. The van der Waals surface area contributed by atoms with Crippen LogP contribution >= 0.6 is 0 Å². The number of carbonyl (C=O) groups is 4. The summed E-state index contributed by atoms with van der Waals surface area (Å²) < 4.78 is 0. The number of unbranched alkanes of at least 4 members (excludes halogenated alkanes) is 1. The van der Waals surface area contributed by atoms with Gasteiger partial charge in [-0.3, -0.25) is 24.5 Å². The molecule has 4 N–H and O–H groups in total. The van der Waals surface area contributed by atoms with E-state index >= 15 is 0 Å². The van der Waals surface area contributed by atoms with Gasteiger partial charge in [0.2, 0.25) is 17.7 Å². The Morgan fingerprint density at radius 2 is 1.63 bits per heavy atom. The Bertz CT molecular complexity index is 2420. The molecule has 4 aromatic carbocycles. The molecule has 4 saturated heterocycles. The van der Waals surface area contributed by atoms with E-state index in [-0.39, 0.29) is 29.7 Å². The Morgan fingerprint density at radius 1 is 0.825 bits per heavy atom. The predicted molar refractivity (Wildman–Crippen MR) is 249 cm³/mol. The van der Waals surface area contributed by atoms with Gasteiger partial charge in [-0.25, -0.2) is 0 Å². The minimum Gasteiger partial charge on any atom is -0.380 e. The second-order valence-electron chi connectivity index (χ2n) is 18.3. The average molecular weight is 848 g/mol. The number of benzene rings is 4. The highest BCUT2D eigenvalue weighted by molar-refractivity contribution is 6.02. The predicted octanol–water partition coefficient (Wildman–Crippen LogP) is 6.27. The lowest BCUT2D eigenvalue weighted by molar-refractivity contribution is -0.134. The van der Waals surface area contributed by atoms with Crippen molar-refractivity contribution in [1.82, 2.24) is 25.8 Å². The molecule has 0 radical (unpaired) electrons. The molecule has 63 heavy (non-hydrogen) atoms. The highest BCUT2D eigenvalue weighted by Gasteiger charge is 2.35. The van der Waals surface area contributed by atoms with Crippen LogP contribution in [0, 0.1) is 24.7 Å². The number of nitrogens with one attached hydrogen (secondary N) is 4. The van der Waals surface area contributed by atoms with Crippen molar-refractivity contribution in [2.75, 3.05) is 62.6 Å². The van der Waals surface area contributed by atoms with Crippen molar-refractivity contribution in [3.05, 3.63) is 106 Å². The van der Waals surface area contributed by atoms with E-state index < -0.39 is 0 Å². The van der Waals surface area contributed by atoms with Gasteiger partial charge in [0.15, 0.2) is 0 Å². The van der Waals surface area contributed by atoms with Gasteiger partial charge in [-0.15, -0.1) is 0 Å². The summed E-state index contributed by atoms with van der Waals surface area (Å²) in [5.41, 5.74) is 8.47. The highest BCUT2D eigenvalue weighted by Crippen LogP contribution is 2.37. The number of amides is 4. The summed E-state index contributed by atoms with van der Waals surface area (Å²) >= 11 is 0. The largest absolute Gasteiger partial charge is 0.380 e. The maximum atomic E-state index is 13.3. The minimum atomic E-state index is -0.271. The molecule has 328 valence electrons. The van der Waals surface area contributed by atoms with Crippen LogP contribution in [-0.2, 0) is 27.3 Å². The zero-order chi connectivity index (χ0) is 43.3. The smallest absolute Gasteiger partial charge is 0.251 e. The van der Waals surface area contributed by atoms with Gasteiger partial charge in [-0.05, 0) is 141 Å². The number of piperidine rings is 3. The molecule has 4 amide bonds. The van der Waals surface area contributed by atoms with Crippen LogP contribution in [0.2, 0.25) is 0 Å². The lowest BCUT2D eigenvalue weighted by atomic mass is 9.88. The van der Waals surface area contributed by atoms with Gasteiger partial charge >= 0.3 is 0 Å². The Labute approximate surface area is 371 Å². The molecule has 11 nitrogen and oxygen atoms in total. The zero-order valence-corrected chi connectivity index (χ0v) is 36.6. The van der Waals surface area contributed by atoms with Crippen LogP contribution in [0.3, 0.4) is 0 Å². The van der Waals surface area contributed by atoms with E-state index in [0.717, 1.165) is 136 Å². The van der Waals surface area contributed by atoms with Gasteiger partial charge < -0.3 is 30.7 Å². The van der Waals surface area contributed by atoms with Crippen molar-refractivity contribution >= 4 is 45.8 Å². The topological polar surface area (TPSA) is 126 Å². The standard InChI is InChI=1S/C52H61N7O4/c1-35-9-15-42(55-43-33-53-34-43)31-46(35)51(62)54-32-41-13-12-38(44-6-2-3-7-45(41)44)11-10-36-19-25-57(26-20-36)24-5-4-8-50(61)58-27-21-37(22-28-58)39-14-16-47-40(30-39)23-29-59(47)48-17-18-49(60)56-52(48)63/h2-3,6-7,9,12-16,30-31,36-37,43,48,53,55H,4-5,8,17-29,32-34H2,1H3,(H,54,62)(H,56,60,63). The van der Waals surface area contributed by atoms with Crippen molar-refractivity contribution in [1.29, 1.82) is 0 Å². The van der Waals surface area contributed by atoms with Crippen molar-refractivity contribution < 1.29 is 19.2 Å². The van der Waals surface area contributed by atoms with E-state index in [1.165, 1.54) is 11.1 Å². The Balaban J connectivity index is 0.689. The Hall–Kier alpha value is -5.70. The van der Waals surface area contributed by atoms with E-state index in [2.05, 4.69) is 96.3 Å². The number of anilines is 2. The number of nitrogens with zero attached hydrogens (tertiary/aromatic N) is 3. The monoisotopic (exact) mass is 847 g/mol. The number of hydrogen-bond donors (Lipinski definition) is 4. The molecule has 0 saturated carbocycles. The van der Waals surface area contributed by atoms with Gasteiger partial charge in [0.25, 0.3) is 5.91 Å². The lowest BCUT2D eigenvalue weighted by Gasteiger charge is -2.33.